The van der Waals surface area contributed by atoms with Gasteiger partial charge in [0, 0.05) is 45.3 Å². The molecule has 0 atom stereocenters. The highest BCUT2D eigenvalue weighted by Gasteiger charge is 2.51. The molecule has 4 heterocycles. The molecule has 0 spiro atoms. The van der Waals surface area contributed by atoms with Gasteiger partial charge in [-0.25, -0.2) is 4.98 Å². The zero-order chi connectivity index (χ0) is 48.1. The van der Waals surface area contributed by atoms with Gasteiger partial charge in [-0.15, -0.1) is 0 Å². The molecule has 6 nitrogen and oxygen atoms in total. The van der Waals surface area contributed by atoms with Crippen LogP contribution in [0.3, 0.4) is 0 Å². The van der Waals surface area contributed by atoms with Crippen LogP contribution in [0.4, 0.5) is 5.69 Å². The first-order valence-corrected chi connectivity index (χ1v) is 26.0. The molecule has 4 bridgehead atoms. The molecule has 0 unspecified atom stereocenters. The molecule has 0 radical (unpaired) electrons. The van der Waals surface area contributed by atoms with E-state index in [2.05, 4.69) is 217 Å². The Morgan fingerprint density at radius 2 is 1.18 bits per heavy atom. The molecule has 0 saturated heterocycles. The Morgan fingerprint density at radius 3 is 1.85 bits per heavy atom. The van der Waals surface area contributed by atoms with Crippen molar-refractivity contribution in [1.82, 2.24) is 14.5 Å². The van der Waals surface area contributed by atoms with E-state index in [1.54, 1.807) is 5.56 Å². The first kappa shape index (κ1) is 43.0. The fraction of sp³-hybridized carbons (Fsp3) is 0.227. The number of fused-ring (bicyclic) bond motifs is 4. The first-order valence-electron chi connectivity index (χ1n) is 26.0. The Balaban J connectivity index is 0.836. The summed E-state index contributed by atoms with van der Waals surface area (Å²) in [4.78, 5) is 9.79. The van der Waals surface area contributed by atoms with Crippen LogP contribution in [0.2, 0.25) is 0 Å². The van der Waals surface area contributed by atoms with Gasteiger partial charge in [0.15, 0.2) is 0 Å². The smallest absolute Gasteiger partial charge is 0.226 e. The lowest BCUT2D eigenvalue weighted by molar-refractivity contribution is -0.00512. The average molecular weight is 939 g/mol. The van der Waals surface area contributed by atoms with Crippen LogP contribution in [-0.4, -0.2) is 21.1 Å². The lowest BCUT2D eigenvalue weighted by Gasteiger charge is -2.57. The second-order valence-electron chi connectivity index (χ2n) is 22.3. The predicted octanol–water partition coefficient (Wildman–Crippen LogP) is 16.5. The van der Waals surface area contributed by atoms with Crippen molar-refractivity contribution in [2.45, 2.75) is 70.1 Å². The first-order chi connectivity index (χ1) is 35.2. The van der Waals surface area contributed by atoms with Crippen LogP contribution in [-0.2, 0) is 15.6 Å². The van der Waals surface area contributed by atoms with Crippen molar-refractivity contribution in [2.75, 3.05) is 11.6 Å². The number of aromatic nitrogens is 2. The summed E-state index contributed by atoms with van der Waals surface area (Å²) in [6, 6.07) is 65.6. The fourth-order valence-electron chi connectivity index (χ4n) is 13.8. The number of benzene rings is 7. The molecule has 7 aromatic carbocycles. The van der Waals surface area contributed by atoms with Crippen molar-refractivity contribution >= 4 is 38.9 Å². The number of hydrogen-bond donors (Lipinski definition) is 0. The minimum absolute atomic E-state index is 0.0218. The third-order valence-corrected chi connectivity index (χ3v) is 16.7. The normalized spacial score (nSPS) is 21.2. The number of pyridine rings is 1. The largest absolute Gasteiger partial charge is 0.457 e. The summed E-state index contributed by atoms with van der Waals surface area (Å²) in [6.07, 6.45) is 12.2. The molecule has 6 aliphatic rings. The highest BCUT2D eigenvalue weighted by atomic mass is 16.5. The molecule has 0 amide bonds. The minimum atomic E-state index is -0.0218. The van der Waals surface area contributed by atoms with Crippen LogP contribution in [0.15, 0.2) is 200 Å². The Labute approximate surface area is 422 Å². The summed E-state index contributed by atoms with van der Waals surface area (Å²) >= 11 is 0. The van der Waals surface area contributed by atoms with Gasteiger partial charge in [0.1, 0.15) is 35.9 Å². The monoisotopic (exact) mass is 938 g/mol. The van der Waals surface area contributed by atoms with Crippen LogP contribution < -0.4 is 9.64 Å². The highest BCUT2D eigenvalue weighted by molar-refractivity contribution is 6.10. The number of anilines is 1. The maximum atomic E-state index is 6.92. The Morgan fingerprint density at radius 1 is 0.556 bits per heavy atom. The van der Waals surface area contributed by atoms with Crippen molar-refractivity contribution < 1.29 is 9.47 Å². The van der Waals surface area contributed by atoms with E-state index in [0.717, 1.165) is 96.9 Å². The molecule has 2 aliphatic heterocycles. The van der Waals surface area contributed by atoms with Crippen LogP contribution in [0, 0.1) is 17.8 Å². The van der Waals surface area contributed by atoms with E-state index >= 15 is 0 Å². The van der Waals surface area contributed by atoms with E-state index in [-0.39, 0.29) is 5.41 Å². The van der Waals surface area contributed by atoms with Gasteiger partial charge in [-0.1, -0.05) is 148 Å². The van der Waals surface area contributed by atoms with Crippen LogP contribution in [0.5, 0.6) is 11.5 Å². The van der Waals surface area contributed by atoms with Crippen LogP contribution in [0.1, 0.15) is 81.5 Å². The van der Waals surface area contributed by atoms with Crippen LogP contribution >= 0.6 is 0 Å². The number of para-hydroxylation sites is 1. The topological polar surface area (TPSA) is 42.8 Å². The number of nitrogens with zero attached hydrogens (tertiary/aromatic N) is 4. The standard InChI is InChI=1S/C66H58N4O2/c1-65(2,3)50-29-30-67-61(36-50)70-58-28-25-51(66-38-43-31-44(39-66)33-45(32-43)40-66)35-57(58)56-27-26-53(37-59(56)70)72-52-22-13-21-49(34-52)60-41-71-64-62(48-19-11-6-12-20-48)69(42-68(60)64)63-54(46-15-7-4-8-16-46)23-14-24-55(63)47-17-9-5-10-18-47/h4-30,34-37,41,43-45H,31-33,38-40,42H2,1-3H3. The summed E-state index contributed by atoms with van der Waals surface area (Å²) < 4.78 is 16.0. The van der Waals surface area contributed by atoms with E-state index in [9.17, 15) is 0 Å². The Bertz CT molecular complexity index is 3550. The molecule has 2 aromatic heterocycles. The minimum Gasteiger partial charge on any atom is -0.457 e. The lowest BCUT2D eigenvalue weighted by Crippen LogP contribution is -2.48. The molecule has 15 rings (SSSR count). The SMILES string of the molecule is CC(C)(C)c1ccnc(-n2c3ccc(C45CC6CC(CC(C6)C4)C5)cc3c3ccc(Oc4cccc(C5=COC6=C(c7ccccc7)N(c7c(-c8ccccc8)cccc7-c7ccccc7)CN56)c4)cc32)c1. The molecule has 354 valence electrons. The van der Waals surface area contributed by atoms with Gasteiger partial charge in [-0.05, 0) is 138 Å². The Hall–Kier alpha value is -7.83. The van der Waals surface area contributed by atoms with E-state index in [4.69, 9.17) is 14.5 Å². The van der Waals surface area contributed by atoms with Crippen molar-refractivity contribution in [3.63, 3.8) is 0 Å². The van der Waals surface area contributed by atoms with Gasteiger partial charge < -0.3 is 14.4 Å². The molecule has 72 heavy (non-hydrogen) atoms. The van der Waals surface area contributed by atoms with Gasteiger partial charge in [0.05, 0.1) is 22.4 Å². The Kier molecular flexibility index (Phi) is 9.93. The number of hydrogen-bond acceptors (Lipinski definition) is 5. The summed E-state index contributed by atoms with van der Waals surface area (Å²) in [7, 11) is 0. The van der Waals surface area contributed by atoms with E-state index in [1.807, 2.05) is 12.5 Å². The van der Waals surface area contributed by atoms with Crippen LogP contribution in [0.25, 0.3) is 61.3 Å². The molecule has 9 aromatic rings. The fourth-order valence-corrected chi connectivity index (χ4v) is 13.8. The molecular formula is C66H58N4O2. The van der Waals surface area contributed by atoms with Crippen molar-refractivity contribution in [1.29, 1.82) is 0 Å². The highest BCUT2D eigenvalue weighted by Crippen LogP contribution is 2.61. The zero-order valence-corrected chi connectivity index (χ0v) is 41.3. The van der Waals surface area contributed by atoms with Crippen molar-refractivity contribution in [2.24, 2.45) is 17.8 Å². The van der Waals surface area contributed by atoms with E-state index in [1.165, 1.54) is 60.4 Å². The summed E-state index contributed by atoms with van der Waals surface area (Å²) in [5.74, 6) is 5.93. The second kappa shape index (κ2) is 16.6. The second-order valence-corrected chi connectivity index (χ2v) is 22.3. The summed E-state index contributed by atoms with van der Waals surface area (Å²) in [5, 5.41) is 2.52. The van der Waals surface area contributed by atoms with Gasteiger partial charge in [-0.2, -0.15) is 0 Å². The summed E-state index contributed by atoms with van der Waals surface area (Å²) in [6.45, 7) is 7.37. The maximum Gasteiger partial charge on any atom is 0.226 e. The molecule has 4 saturated carbocycles. The molecule has 0 N–H and O–H groups in total. The van der Waals surface area contributed by atoms with Crippen molar-refractivity contribution in [3.05, 3.63) is 223 Å². The molecule has 4 fully saturated rings. The van der Waals surface area contributed by atoms with Gasteiger partial charge in [0.2, 0.25) is 5.88 Å². The van der Waals surface area contributed by atoms with Gasteiger partial charge in [0.25, 0.3) is 0 Å². The third kappa shape index (κ3) is 7.17. The number of ether oxygens (including phenoxy) is 2. The van der Waals surface area contributed by atoms with E-state index in [0.29, 0.717) is 12.1 Å². The average Bonchev–Trinajstić information content (AvgIpc) is 4.09. The number of rotatable bonds is 9. The quantitative estimate of drug-likeness (QED) is 0.144. The maximum absolute atomic E-state index is 6.92. The molecule has 6 heteroatoms. The zero-order valence-electron chi connectivity index (χ0n) is 41.3. The lowest BCUT2D eigenvalue weighted by atomic mass is 9.48. The third-order valence-electron chi connectivity index (χ3n) is 16.7. The van der Waals surface area contributed by atoms with Gasteiger partial charge in [-0.3, -0.25) is 9.47 Å². The van der Waals surface area contributed by atoms with Crippen molar-refractivity contribution in [3.8, 4) is 39.6 Å². The summed E-state index contributed by atoms with van der Waals surface area (Å²) in [5.41, 5.74) is 15.2. The molecular weight excluding hydrogens is 881 g/mol. The molecule has 4 aliphatic carbocycles. The van der Waals surface area contributed by atoms with E-state index < -0.39 is 0 Å². The predicted molar refractivity (Wildman–Crippen MR) is 293 cm³/mol. The van der Waals surface area contributed by atoms with Gasteiger partial charge >= 0.3 is 0 Å².